The molecule has 0 fully saturated rings. The first-order valence-corrected chi connectivity index (χ1v) is 7.94. The van der Waals surface area contributed by atoms with Crippen molar-refractivity contribution in [2.45, 2.75) is 6.92 Å². The number of methoxy groups -OCH3 is 1. The third-order valence-corrected chi connectivity index (χ3v) is 3.67. The van der Waals surface area contributed by atoms with Crippen LogP contribution in [-0.4, -0.2) is 31.9 Å². The van der Waals surface area contributed by atoms with Gasteiger partial charge in [0.05, 0.1) is 18.4 Å². The van der Waals surface area contributed by atoms with Gasteiger partial charge in [-0.15, -0.1) is 0 Å². The van der Waals surface area contributed by atoms with Crippen LogP contribution in [0.3, 0.4) is 0 Å². The van der Waals surface area contributed by atoms with E-state index in [9.17, 15) is 14.4 Å². The second kappa shape index (κ2) is 8.62. The van der Waals surface area contributed by atoms with E-state index < -0.39 is 5.97 Å². The molecular formula is C20H20N2O4. The molecule has 0 spiro atoms. The molecule has 2 aromatic carbocycles. The van der Waals surface area contributed by atoms with Crippen LogP contribution >= 0.6 is 0 Å². The molecule has 2 aromatic rings. The highest BCUT2D eigenvalue weighted by molar-refractivity contribution is 6.06. The first-order chi connectivity index (χ1) is 12.4. The van der Waals surface area contributed by atoms with Gasteiger partial charge in [0, 0.05) is 18.7 Å². The fourth-order valence-electron chi connectivity index (χ4n) is 2.28. The highest BCUT2D eigenvalue weighted by atomic mass is 16.5. The summed E-state index contributed by atoms with van der Waals surface area (Å²) in [5.41, 5.74) is 2.87. The molecule has 2 amide bonds. The van der Waals surface area contributed by atoms with E-state index in [0.29, 0.717) is 16.8 Å². The Morgan fingerprint density at radius 2 is 1.73 bits per heavy atom. The molecule has 6 nitrogen and oxygen atoms in total. The van der Waals surface area contributed by atoms with Crippen molar-refractivity contribution >= 4 is 29.5 Å². The molecule has 0 aliphatic rings. The number of hydrogen-bond donors (Lipinski definition) is 2. The third-order valence-electron chi connectivity index (χ3n) is 3.67. The van der Waals surface area contributed by atoms with Gasteiger partial charge in [-0.2, -0.15) is 0 Å². The van der Waals surface area contributed by atoms with E-state index in [-0.39, 0.29) is 11.8 Å². The zero-order chi connectivity index (χ0) is 19.1. The van der Waals surface area contributed by atoms with Crippen molar-refractivity contribution in [1.82, 2.24) is 5.32 Å². The zero-order valence-corrected chi connectivity index (χ0v) is 14.8. The number of amides is 2. The molecule has 0 saturated carbocycles. The first kappa shape index (κ1) is 18.9. The Kier molecular flexibility index (Phi) is 6.27. The number of esters is 1. The van der Waals surface area contributed by atoms with Crippen LogP contribution in [0.25, 0.3) is 6.08 Å². The largest absolute Gasteiger partial charge is 0.465 e. The summed E-state index contributed by atoms with van der Waals surface area (Å²) in [6, 6.07) is 11.9. The summed E-state index contributed by atoms with van der Waals surface area (Å²) in [6.45, 7) is 1.85. The van der Waals surface area contributed by atoms with Crippen molar-refractivity contribution in [3.8, 4) is 0 Å². The Balaban J connectivity index is 2.10. The van der Waals surface area contributed by atoms with Crippen LogP contribution in [0.4, 0.5) is 5.69 Å². The molecule has 0 bridgehead atoms. The van der Waals surface area contributed by atoms with E-state index in [1.54, 1.807) is 55.6 Å². The SMILES string of the molecule is CNC(=O)c1ccc(/C=C/C(=O)Nc2ccc(C)cc2C(=O)OC)cc1. The number of aryl methyl sites for hydroxylation is 1. The van der Waals surface area contributed by atoms with Gasteiger partial charge in [0.2, 0.25) is 5.91 Å². The maximum atomic E-state index is 12.1. The van der Waals surface area contributed by atoms with E-state index in [4.69, 9.17) is 4.74 Å². The number of anilines is 1. The van der Waals surface area contributed by atoms with E-state index in [0.717, 1.165) is 11.1 Å². The summed E-state index contributed by atoms with van der Waals surface area (Å²) in [4.78, 5) is 35.5. The fourth-order valence-corrected chi connectivity index (χ4v) is 2.28. The van der Waals surface area contributed by atoms with Gasteiger partial charge in [-0.25, -0.2) is 4.79 Å². The molecular weight excluding hydrogens is 332 g/mol. The van der Waals surface area contributed by atoms with Crippen molar-refractivity contribution in [2.75, 3.05) is 19.5 Å². The van der Waals surface area contributed by atoms with Crippen LogP contribution < -0.4 is 10.6 Å². The summed E-state index contributed by atoms with van der Waals surface area (Å²) in [6.07, 6.45) is 2.98. The second-order valence-corrected chi connectivity index (χ2v) is 5.56. The summed E-state index contributed by atoms with van der Waals surface area (Å²) < 4.78 is 4.74. The minimum atomic E-state index is -0.516. The average Bonchev–Trinajstić information content (AvgIpc) is 2.66. The van der Waals surface area contributed by atoms with Gasteiger partial charge in [-0.05, 0) is 42.8 Å². The van der Waals surface area contributed by atoms with Gasteiger partial charge >= 0.3 is 5.97 Å². The Morgan fingerprint density at radius 1 is 1.04 bits per heavy atom. The predicted molar refractivity (Wildman–Crippen MR) is 100 cm³/mol. The minimum absolute atomic E-state index is 0.173. The van der Waals surface area contributed by atoms with Crippen molar-refractivity contribution in [3.05, 3.63) is 70.8 Å². The average molecular weight is 352 g/mol. The van der Waals surface area contributed by atoms with Gasteiger partial charge in [0.1, 0.15) is 0 Å². The molecule has 26 heavy (non-hydrogen) atoms. The molecule has 0 atom stereocenters. The maximum absolute atomic E-state index is 12.1. The van der Waals surface area contributed by atoms with E-state index in [2.05, 4.69) is 10.6 Å². The van der Waals surface area contributed by atoms with Gasteiger partial charge in [0.25, 0.3) is 5.91 Å². The lowest BCUT2D eigenvalue weighted by molar-refractivity contribution is -0.111. The maximum Gasteiger partial charge on any atom is 0.339 e. The molecule has 6 heteroatoms. The van der Waals surface area contributed by atoms with Crippen LogP contribution in [0.2, 0.25) is 0 Å². The van der Waals surface area contributed by atoms with E-state index >= 15 is 0 Å². The van der Waals surface area contributed by atoms with Crippen molar-refractivity contribution < 1.29 is 19.1 Å². The van der Waals surface area contributed by atoms with Gasteiger partial charge < -0.3 is 15.4 Å². The lowest BCUT2D eigenvalue weighted by Gasteiger charge is -2.09. The molecule has 0 saturated heterocycles. The molecule has 0 radical (unpaired) electrons. The Morgan fingerprint density at radius 3 is 2.35 bits per heavy atom. The van der Waals surface area contributed by atoms with E-state index in [1.807, 2.05) is 6.92 Å². The number of nitrogens with one attached hydrogen (secondary N) is 2. The molecule has 0 unspecified atom stereocenters. The summed E-state index contributed by atoms with van der Waals surface area (Å²) in [5.74, 6) is -1.07. The number of rotatable bonds is 5. The number of ether oxygens (including phenoxy) is 1. The van der Waals surface area contributed by atoms with Crippen LogP contribution in [0.15, 0.2) is 48.5 Å². The zero-order valence-electron chi connectivity index (χ0n) is 14.8. The van der Waals surface area contributed by atoms with Gasteiger partial charge in [-0.3, -0.25) is 9.59 Å². The van der Waals surface area contributed by atoms with Crippen LogP contribution in [-0.2, 0) is 9.53 Å². The summed E-state index contributed by atoms with van der Waals surface area (Å²) >= 11 is 0. The first-order valence-electron chi connectivity index (χ1n) is 7.94. The lowest BCUT2D eigenvalue weighted by atomic mass is 10.1. The minimum Gasteiger partial charge on any atom is -0.465 e. The molecule has 134 valence electrons. The van der Waals surface area contributed by atoms with Crippen molar-refractivity contribution in [3.63, 3.8) is 0 Å². The molecule has 2 N–H and O–H groups in total. The van der Waals surface area contributed by atoms with Crippen molar-refractivity contribution in [1.29, 1.82) is 0 Å². The molecule has 0 heterocycles. The van der Waals surface area contributed by atoms with Gasteiger partial charge in [-0.1, -0.05) is 23.8 Å². The van der Waals surface area contributed by atoms with Crippen molar-refractivity contribution in [2.24, 2.45) is 0 Å². The number of benzene rings is 2. The molecule has 0 aliphatic carbocycles. The Labute approximate surface area is 151 Å². The smallest absolute Gasteiger partial charge is 0.339 e. The Hall–Kier alpha value is -3.41. The lowest BCUT2D eigenvalue weighted by Crippen LogP contribution is -2.17. The summed E-state index contributed by atoms with van der Waals surface area (Å²) in [7, 11) is 2.85. The fraction of sp³-hybridized carbons (Fsp3) is 0.150. The predicted octanol–water partition coefficient (Wildman–Crippen LogP) is 2.79. The van der Waals surface area contributed by atoms with E-state index in [1.165, 1.54) is 13.2 Å². The highest BCUT2D eigenvalue weighted by Gasteiger charge is 2.13. The number of carbonyl (C=O) groups excluding carboxylic acids is 3. The third kappa shape index (κ3) is 4.80. The molecule has 0 aliphatic heterocycles. The normalized spacial score (nSPS) is 10.4. The monoisotopic (exact) mass is 352 g/mol. The standard InChI is InChI=1S/C20H20N2O4/c1-13-4-10-17(16(12-13)20(25)26-3)22-18(23)11-7-14-5-8-15(9-6-14)19(24)21-2/h4-12H,1-3H3,(H,21,24)(H,22,23)/b11-7+. The highest BCUT2D eigenvalue weighted by Crippen LogP contribution is 2.18. The number of hydrogen-bond acceptors (Lipinski definition) is 4. The Bertz CT molecular complexity index is 855. The van der Waals surface area contributed by atoms with Crippen LogP contribution in [0, 0.1) is 6.92 Å². The molecule has 0 aromatic heterocycles. The topological polar surface area (TPSA) is 84.5 Å². The van der Waals surface area contributed by atoms with Gasteiger partial charge in [0.15, 0.2) is 0 Å². The quantitative estimate of drug-likeness (QED) is 0.640. The number of carbonyl (C=O) groups is 3. The summed E-state index contributed by atoms with van der Waals surface area (Å²) in [5, 5.41) is 5.21. The van der Waals surface area contributed by atoms with Crippen LogP contribution in [0.1, 0.15) is 31.8 Å². The van der Waals surface area contributed by atoms with Crippen LogP contribution in [0.5, 0.6) is 0 Å². The molecule has 2 rings (SSSR count). The second-order valence-electron chi connectivity index (χ2n) is 5.56.